The third-order valence-corrected chi connectivity index (χ3v) is 3.85. The van der Waals surface area contributed by atoms with Gasteiger partial charge in [0.1, 0.15) is 19.3 Å². The van der Waals surface area contributed by atoms with Crippen molar-refractivity contribution < 1.29 is 19.1 Å². The first-order chi connectivity index (χ1) is 12.9. The number of benzene rings is 3. The fourth-order valence-electron chi connectivity index (χ4n) is 2.36. The van der Waals surface area contributed by atoms with Crippen LogP contribution in [0.3, 0.4) is 0 Å². The lowest BCUT2D eigenvalue weighted by Crippen LogP contribution is -2.12. The van der Waals surface area contributed by atoms with E-state index in [4.69, 9.17) is 23.1 Å². The molecule has 132 valence electrons. The van der Waals surface area contributed by atoms with E-state index in [1.807, 2.05) is 0 Å². The number of carbonyl (C=O) groups excluding carboxylic acids is 2. The van der Waals surface area contributed by atoms with E-state index >= 15 is 0 Å². The second kappa shape index (κ2) is 7.78. The van der Waals surface area contributed by atoms with Crippen molar-refractivity contribution in [3.05, 3.63) is 83.4 Å². The first-order valence-corrected chi connectivity index (χ1v) is 8.18. The zero-order chi connectivity index (χ0) is 19.4. The SMILES string of the molecule is [B]c1ccc(C(=O)Oc2ccc(OC(=O)c3ccc(N)cc3)cc2C)cc1. The molecule has 3 rings (SSSR count). The second-order valence-corrected chi connectivity index (χ2v) is 5.95. The van der Waals surface area contributed by atoms with Crippen molar-refractivity contribution in [1.29, 1.82) is 0 Å². The van der Waals surface area contributed by atoms with E-state index in [0.29, 0.717) is 39.3 Å². The summed E-state index contributed by atoms with van der Waals surface area (Å²) in [6, 6.07) is 17.6. The van der Waals surface area contributed by atoms with Crippen molar-refractivity contribution >= 4 is 30.9 Å². The molecule has 0 aliphatic rings. The molecule has 0 amide bonds. The molecule has 0 saturated heterocycles. The fourth-order valence-corrected chi connectivity index (χ4v) is 2.36. The summed E-state index contributed by atoms with van der Waals surface area (Å²) in [7, 11) is 5.61. The van der Waals surface area contributed by atoms with Gasteiger partial charge in [0.2, 0.25) is 0 Å². The number of hydrogen-bond donors (Lipinski definition) is 1. The Morgan fingerprint density at radius 3 is 1.96 bits per heavy atom. The number of nitrogen functional groups attached to an aromatic ring is 1. The summed E-state index contributed by atoms with van der Waals surface area (Å²) in [6.07, 6.45) is 0. The predicted molar refractivity (Wildman–Crippen MR) is 104 cm³/mol. The molecule has 2 N–H and O–H groups in total. The zero-order valence-electron chi connectivity index (χ0n) is 14.6. The van der Waals surface area contributed by atoms with Gasteiger partial charge in [0, 0.05) is 5.69 Å². The van der Waals surface area contributed by atoms with Crippen LogP contribution in [0, 0.1) is 6.92 Å². The molecule has 3 aromatic carbocycles. The number of carbonyl (C=O) groups is 2. The predicted octanol–water partition coefficient (Wildman–Crippen LogP) is 2.81. The Kier molecular flexibility index (Phi) is 5.26. The molecule has 0 aliphatic heterocycles. The van der Waals surface area contributed by atoms with Crippen LogP contribution in [0.25, 0.3) is 0 Å². The molecule has 0 aliphatic carbocycles. The molecule has 0 fully saturated rings. The van der Waals surface area contributed by atoms with Gasteiger partial charge in [0.25, 0.3) is 0 Å². The Morgan fingerprint density at radius 1 is 0.815 bits per heavy atom. The molecule has 0 heterocycles. The lowest BCUT2D eigenvalue weighted by molar-refractivity contribution is 0.0718. The van der Waals surface area contributed by atoms with Gasteiger partial charge in [-0.1, -0.05) is 17.6 Å². The zero-order valence-corrected chi connectivity index (χ0v) is 14.6. The maximum absolute atomic E-state index is 12.2. The van der Waals surface area contributed by atoms with Crippen LogP contribution >= 0.6 is 0 Å². The molecule has 2 radical (unpaired) electrons. The monoisotopic (exact) mass is 357 g/mol. The molecule has 0 bridgehead atoms. The van der Waals surface area contributed by atoms with Gasteiger partial charge in [-0.25, -0.2) is 9.59 Å². The molecule has 3 aromatic rings. The van der Waals surface area contributed by atoms with Gasteiger partial charge in [-0.2, -0.15) is 0 Å². The third kappa shape index (κ3) is 4.55. The van der Waals surface area contributed by atoms with Crippen LogP contribution in [0.15, 0.2) is 66.7 Å². The highest BCUT2D eigenvalue weighted by Gasteiger charge is 2.13. The highest BCUT2D eigenvalue weighted by molar-refractivity contribution is 6.32. The average Bonchev–Trinajstić information content (AvgIpc) is 2.65. The lowest BCUT2D eigenvalue weighted by Gasteiger charge is -2.10. The molecule has 27 heavy (non-hydrogen) atoms. The average molecular weight is 357 g/mol. The van der Waals surface area contributed by atoms with Gasteiger partial charge < -0.3 is 15.2 Å². The van der Waals surface area contributed by atoms with Crippen molar-refractivity contribution in [2.24, 2.45) is 0 Å². The van der Waals surface area contributed by atoms with E-state index in [-0.39, 0.29) is 0 Å². The molecular weight excluding hydrogens is 341 g/mol. The van der Waals surface area contributed by atoms with Crippen LogP contribution in [0.1, 0.15) is 26.3 Å². The van der Waals surface area contributed by atoms with Crippen LogP contribution in [0.5, 0.6) is 11.5 Å². The number of esters is 2. The Hall–Kier alpha value is -3.54. The van der Waals surface area contributed by atoms with Gasteiger partial charge in [-0.15, -0.1) is 0 Å². The first kappa shape index (κ1) is 18.3. The summed E-state index contributed by atoms with van der Waals surface area (Å²) < 4.78 is 10.7. The summed E-state index contributed by atoms with van der Waals surface area (Å²) in [5, 5.41) is 0. The smallest absolute Gasteiger partial charge is 0.343 e. The standard InChI is InChI=1S/C21H16BNO4/c1-13-12-18(26-20(24)15-4-8-17(23)9-5-15)10-11-19(13)27-21(25)14-2-6-16(22)7-3-14/h2-12H,23H2,1H3. The summed E-state index contributed by atoms with van der Waals surface area (Å²) in [6.45, 7) is 1.76. The van der Waals surface area contributed by atoms with E-state index in [1.165, 1.54) is 0 Å². The van der Waals surface area contributed by atoms with E-state index in [1.54, 1.807) is 73.7 Å². The minimum Gasteiger partial charge on any atom is -0.423 e. The van der Waals surface area contributed by atoms with Crippen molar-refractivity contribution in [3.63, 3.8) is 0 Å². The second-order valence-electron chi connectivity index (χ2n) is 5.95. The van der Waals surface area contributed by atoms with Crippen LogP contribution in [-0.2, 0) is 0 Å². The highest BCUT2D eigenvalue weighted by Crippen LogP contribution is 2.25. The Balaban J connectivity index is 1.69. The maximum Gasteiger partial charge on any atom is 0.343 e. The largest absolute Gasteiger partial charge is 0.423 e. The molecule has 0 saturated carbocycles. The fraction of sp³-hybridized carbons (Fsp3) is 0.0476. The quantitative estimate of drug-likeness (QED) is 0.336. The normalized spacial score (nSPS) is 10.3. The molecule has 0 atom stereocenters. The van der Waals surface area contributed by atoms with Gasteiger partial charge in [0.15, 0.2) is 0 Å². The Labute approximate surface area is 158 Å². The Morgan fingerprint density at radius 2 is 1.37 bits per heavy atom. The summed E-state index contributed by atoms with van der Waals surface area (Å²) >= 11 is 0. The number of anilines is 1. The summed E-state index contributed by atoms with van der Waals surface area (Å²) in [4.78, 5) is 24.3. The van der Waals surface area contributed by atoms with E-state index in [2.05, 4.69) is 0 Å². The van der Waals surface area contributed by atoms with E-state index in [0.717, 1.165) is 0 Å². The van der Waals surface area contributed by atoms with E-state index in [9.17, 15) is 9.59 Å². The van der Waals surface area contributed by atoms with Crippen LogP contribution in [0.2, 0.25) is 0 Å². The Bertz CT molecular complexity index is 982. The minimum absolute atomic E-state index is 0.349. The van der Waals surface area contributed by atoms with Crippen molar-refractivity contribution in [1.82, 2.24) is 0 Å². The van der Waals surface area contributed by atoms with Gasteiger partial charge in [-0.3, -0.25) is 0 Å². The van der Waals surface area contributed by atoms with Crippen molar-refractivity contribution in [3.8, 4) is 11.5 Å². The molecular formula is C21H16BNO4. The summed E-state index contributed by atoms with van der Waals surface area (Å²) in [5.74, 6) is -0.267. The molecule has 6 heteroatoms. The van der Waals surface area contributed by atoms with Gasteiger partial charge in [-0.05, 0) is 67.1 Å². The number of ether oxygens (including phenoxy) is 2. The minimum atomic E-state index is -0.499. The van der Waals surface area contributed by atoms with Gasteiger partial charge >= 0.3 is 11.9 Å². The molecule has 0 unspecified atom stereocenters. The van der Waals surface area contributed by atoms with Gasteiger partial charge in [0.05, 0.1) is 11.1 Å². The van der Waals surface area contributed by atoms with Crippen molar-refractivity contribution in [2.45, 2.75) is 6.92 Å². The first-order valence-electron chi connectivity index (χ1n) is 8.18. The molecule has 5 nitrogen and oxygen atoms in total. The van der Waals surface area contributed by atoms with Crippen molar-refractivity contribution in [2.75, 3.05) is 5.73 Å². The number of aryl methyl sites for hydroxylation is 1. The number of nitrogens with two attached hydrogens (primary N) is 1. The maximum atomic E-state index is 12.2. The summed E-state index contributed by atoms with van der Waals surface area (Å²) in [5.41, 5.74) is 8.17. The molecule has 0 spiro atoms. The number of hydrogen-bond acceptors (Lipinski definition) is 5. The van der Waals surface area contributed by atoms with E-state index < -0.39 is 11.9 Å². The van der Waals surface area contributed by atoms with Crippen LogP contribution in [-0.4, -0.2) is 19.8 Å². The topological polar surface area (TPSA) is 78.6 Å². The lowest BCUT2D eigenvalue weighted by atomic mass is 9.95. The third-order valence-electron chi connectivity index (χ3n) is 3.85. The van der Waals surface area contributed by atoms with Crippen LogP contribution in [0.4, 0.5) is 5.69 Å². The number of rotatable bonds is 4. The highest BCUT2D eigenvalue weighted by atomic mass is 16.5. The molecule has 0 aromatic heterocycles. The van der Waals surface area contributed by atoms with Crippen LogP contribution < -0.4 is 20.7 Å².